The highest BCUT2D eigenvalue weighted by Crippen LogP contribution is 2.45. The quantitative estimate of drug-likeness (QED) is 0.887. The lowest BCUT2D eigenvalue weighted by Crippen LogP contribution is -2.40. The highest BCUT2D eigenvalue weighted by Gasteiger charge is 2.41. The van der Waals surface area contributed by atoms with Crippen LogP contribution < -0.4 is 5.73 Å². The van der Waals surface area contributed by atoms with Gasteiger partial charge < -0.3 is 10.5 Å². The normalized spacial score (nSPS) is 26.9. The minimum atomic E-state index is -0.367. The Morgan fingerprint density at radius 1 is 1.35 bits per heavy atom. The molecule has 0 aromatic heterocycles. The van der Waals surface area contributed by atoms with E-state index in [-0.39, 0.29) is 28.4 Å². The summed E-state index contributed by atoms with van der Waals surface area (Å²) in [4.78, 5) is 0. The van der Waals surface area contributed by atoms with E-state index < -0.39 is 0 Å². The van der Waals surface area contributed by atoms with E-state index in [1.807, 2.05) is 0 Å². The SMILES string of the molecule is NC(c1cccc(Cl)c1F)C1CCOC2(CCCC2)C1. The lowest BCUT2D eigenvalue weighted by molar-refractivity contribution is -0.0965. The second kappa shape index (κ2) is 5.63. The van der Waals surface area contributed by atoms with Gasteiger partial charge in [0.15, 0.2) is 0 Å². The van der Waals surface area contributed by atoms with E-state index >= 15 is 0 Å². The molecule has 2 aliphatic rings. The van der Waals surface area contributed by atoms with E-state index in [1.165, 1.54) is 12.8 Å². The van der Waals surface area contributed by atoms with Crippen molar-refractivity contribution in [2.75, 3.05) is 6.61 Å². The van der Waals surface area contributed by atoms with Gasteiger partial charge in [-0.05, 0) is 37.7 Å². The standard InChI is InChI=1S/C16H21ClFNO/c17-13-5-3-4-12(14(13)18)15(19)11-6-9-20-16(10-11)7-1-2-8-16/h3-5,11,15H,1-2,6-10,19H2. The number of hydrogen-bond donors (Lipinski definition) is 1. The summed E-state index contributed by atoms with van der Waals surface area (Å²) in [6.45, 7) is 0.737. The summed E-state index contributed by atoms with van der Waals surface area (Å²) < 4.78 is 20.2. The van der Waals surface area contributed by atoms with Gasteiger partial charge in [0.1, 0.15) is 5.82 Å². The van der Waals surface area contributed by atoms with Crippen LogP contribution in [0.2, 0.25) is 5.02 Å². The summed E-state index contributed by atoms with van der Waals surface area (Å²) >= 11 is 5.86. The number of ether oxygens (including phenoxy) is 1. The van der Waals surface area contributed by atoms with Gasteiger partial charge in [0.25, 0.3) is 0 Å². The summed E-state index contributed by atoms with van der Waals surface area (Å²) in [5.41, 5.74) is 6.89. The molecule has 1 aromatic carbocycles. The van der Waals surface area contributed by atoms with Crippen molar-refractivity contribution in [2.45, 2.75) is 50.2 Å². The number of nitrogens with two attached hydrogens (primary N) is 1. The molecule has 2 unspecified atom stereocenters. The molecule has 1 aromatic rings. The van der Waals surface area contributed by atoms with Crippen molar-refractivity contribution in [3.63, 3.8) is 0 Å². The highest BCUT2D eigenvalue weighted by atomic mass is 35.5. The first kappa shape index (κ1) is 14.3. The molecule has 2 nitrogen and oxygen atoms in total. The molecule has 1 saturated heterocycles. The van der Waals surface area contributed by atoms with Gasteiger partial charge in [-0.25, -0.2) is 4.39 Å². The molecule has 4 heteroatoms. The molecule has 1 aliphatic carbocycles. The molecule has 3 rings (SSSR count). The maximum absolute atomic E-state index is 14.1. The fraction of sp³-hybridized carbons (Fsp3) is 0.625. The van der Waals surface area contributed by atoms with Crippen LogP contribution in [0.4, 0.5) is 4.39 Å². The Morgan fingerprint density at radius 2 is 2.10 bits per heavy atom. The van der Waals surface area contributed by atoms with E-state index in [2.05, 4.69) is 0 Å². The van der Waals surface area contributed by atoms with Gasteiger partial charge >= 0.3 is 0 Å². The molecular weight excluding hydrogens is 277 g/mol. The van der Waals surface area contributed by atoms with Crippen LogP contribution in [0, 0.1) is 11.7 Å². The van der Waals surface area contributed by atoms with Gasteiger partial charge in [-0.3, -0.25) is 0 Å². The van der Waals surface area contributed by atoms with Crippen LogP contribution in [-0.2, 0) is 4.74 Å². The second-order valence-corrected chi connectivity index (χ2v) is 6.57. The minimum Gasteiger partial charge on any atom is -0.375 e. The molecule has 2 atom stereocenters. The fourth-order valence-corrected chi connectivity index (χ4v) is 3.95. The van der Waals surface area contributed by atoms with Crippen molar-refractivity contribution in [3.05, 3.63) is 34.6 Å². The minimum absolute atomic E-state index is 0.00951. The first-order valence-electron chi connectivity index (χ1n) is 7.45. The third kappa shape index (κ3) is 2.59. The van der Waals surface area contributed by atoms with Gasteiger partial charge in [-0.1, -0.05) is 36.6 Å². The molecule has 1 spiro atoms. The Morgan fingerprint density at radius 3 is 2.85 bits per heavy atom. The van der Waals surface area contributed by atoms with Gasteiger partial charge in [0.05, 0.1) is 10.6 Å². The molecule has 0 radical (unpaired) electrons. The van der Waals surface area contributed by atoms with Crippen LogP contribution in [0.25, 0.3) is 0 Å². The second-order valence-electron chi connectivity index (χ2n) is 6.16. The van der Waals surface area contributed by atoms with Crippen LogP contribution in [0.1, 0.15) is 50.1 Å². The molecule has 2 fully saturated rings. The van der Waals surface area contributed by atoms with E-state index in [0.29, 0.717) is 5.56 Å². The highest BCUT2D eigenvalue weighted by molar-refractivity contribution is 6.30. The molecule has 1 saturated carbocycles. The van der Waals surface area contributed by atoms with E-state index in [1.54, 1.807) is 18.2 Å². The molecule has 0 bridgehead atoms. The summed E-state index contributed by atoms with van der Waals surface area (Å²) in [6, 6.07) is 4.79. The average molecular weight is 298 g/mol. The molecule has 1 aliphatic heterocycles. The molecule has 2 N–H and O–H groups in total. The predicted octanol–water partition coefficient (Wildman–Crippen LogP) is 4.22. The summed E-state index contributed by atoms with van der Waals surface area (Å²) in [6.07, 6.45) is 6.54. The maximum atomic E-state index is 14.1. The Labute approximate surface area is 124 Å². The van der Waals surface area contributed by atoms with E-state index in [4.69, 9.17) is 22.1 Å². The number of halogens is 2. The van der Waals surface area contributed by atoms with Crippen LogP contribution in [0.5, 0.6) is 0 Å². The van der Waals surface area contributed by atoms with Gasteiger partial charge in [0.2, 0.25) is 0 Å². The predicted molar refractivity (Wildman–Crippen MR) is 78.2 cm³/mol. The van der Waals surface area contributed by atoms with Crippen molar-refractivity contribution in [1.29, 1.82) is 0 Å². The third-order valence-electron chi connectivity index (χ3n) is 4.89. The Balaban J connectivity index is 1.79. The van der Waals surface area contributed by atoms with Crippen molar-refractivity contribution < 1.29 is 9.13 Å². The summed E-state index contributed by atoms with van der Waals surface area (Å²) in [5, 5.41) is 0.153. The average Bonchev–Trinajstić information content (AvgIpc) is 2.89. The Kier molecular flexibility index (Phi) is 4.02. The monoisotopic (exact) mass is 297 g/mol. The number of hydrogen-bond acceptors (Lipinski definition) is 2. The van der Waals surface area contributed by atoms with Crippen LogP contribution in [-0.4, -0.2) is 12.2 Å². The van der Waals surface area contributed by atoms with Crippen molar-refractivity contribution >= 4 is 11.6 Å². The first-order chi connectivity index (χ1) is 9.61. The summed E-state index contributed by atoms with van der Waals surface area (Å²) in [7, 11) is 0. The van der Waals surface area contributed by atoms with Crippen LogP contribution >= 0.6 is 11.6 Å². The molecule has 1 heterocycles. The number of rotatable bonds is 2. The zero-order valence-electron chi connectivity index (χ0n) is 11.6. The fourth-order valence-electron chi connectivity index (χ4n) is 3.77. The lowest BCUT2D eigenvalue weighted by Gasteiger charge is -2.40. The molecule has 0 amide bonds. The maximum Gasteiger partial charge on any atom is 0.146 e. The van der Waals surface area contributed by atoms with Gasteiger partial charge in [0, 0.05) is 18.2 Å². The van der Waals surface area contributed by atoms with E-state index in [9.17, 15) is 4.39 Å². The van der Waals surface area contributed by atoms with E-state index in [0.717, 1.165) is 32.3 Å². The largest absolute Gasteiger partial charge is 0.375 e. The summed E-state index contributed by atoms with van der Waals surface area (Å²) in [5.74, 6) is -0.0940. The van der Waals surface area contributed by atoms with Gasteiger partial charge in [-0.15, -0.1) is 0 Å². The first-order valence-corrected chi connectivity index (χ1v) is 7.83. The molecule has 110 valence electrons. The zero-order valence-corrected chi connectivity index (χ0v) is 12.3. The third-order valence-corrected chi connectivity index (χ3v) is 5.19. The van der Waals surface area contributed by atoms with Crippen molar-refractivity contribution in [1.82, 2.24) is 0 Å². The Bertz CT molecular complexity index is 487. The molecule has 20 heavy (non-hydrogen) atoms. The Hall–Kier alpha value is -0.640. The number of benzene rings is 1. The van der Waals surface area contributed by atoms with Gasteiger partial charge in [-0.2, -0.15) is 0 Å². The topological polar surface area (TPSA) is 35.2 Å². The van der Waals surface area contributed by atoms with Crippen molar-refractivity contribution in [3.8, 4) is 0 Å². The van der Waals surface area contributed by atoms with Crippen LogP contribution in [0.3, 0.4) is 0 Å². The van der Waals surface area contributed by atoms with Crippen LogP contribution in [0.15, 0.2) is 18.2 Å². The molecular formula is C16H21ClFNO. The lowest BCUT2D eigenvalue weighted by atomic mass is 9.79. The smallest absolute Gasteiger partial charge is 0.146 e. The zero-order chi connectivity index (χ0) is 14.2. The van der Waals surface area contributed by atoms with Crippen molar-refractivity contribution in [2.24, 2.45) is 11.7 Å².